The summed E-state index contributed by atoms with van der Waals surface area (Å²) in [5, 5.41) is 0. The molecule has 1 fully saturated rings. The van der Waals surface area contributed by atoms with Gasteiger partial charge in [0.2, 0.25) is 0 Å². The molecule has 3 N–H and O–H groups in total. The molecule has 15 heavy (non-hydrogen) atoms. The van der Waals surface area contributed by atoms with Crippen molar-refractivity contribution in [3.8, 4) is 0 Å². The maximum Gasteiger partial charge on any atom is 0.141 e. The number of hydrazine groups is 1. The van der Waals surface area contributed by atoms with Gasteiger partial charge in [-0.1, -0.05) is 6.92 Å². The zero-order chi connectivity index (χ0) is 10.7. The van der Waals surface area contributed by atoms with Gasteiger partial charge in [0.25, 0.3) is 0 Å². The molecule has 1 saturated carbocycles. The molecule has 0 radical (unpaired) electrons. The Bertz CT molecular complexity index is 322. The maximum atomic E-state index is 5.35. The number of pyridine rings is 1. The van der Waals surface area contributed by atoms with Gasteiger partial charge in [-0.3, -0.25) is 0 Å². The second-order valence-electron chi connectivity index (χ2n) is 3.97. The highest BCUT2D eigenvalue weighted by atomic mass is 15.3. The first-order valence-electron chi connectivity index (χ1n) is 5.54. The molecule has 1 aromatic rings. The highest BCUT2D eigenvalue weighted by Crippen LogP contribution is 2.32. The monoisotopic (exact) mass is 206 g/mol. The van der Waals surface area contributed by atoms with Crippen molar-refractivity contribution in [3.05, 3.63) is 18.3 Å². The standard InChI is InChI=1S/C11H18N4/c1-2-7-15(9-3-4-9)10-5-6-13-11(8-10)14-12/h5-6,8-9H,2-4,7,12H2,1H3,(H,13,14). The number of anilines is 2. The number of hydrogen-bond acceptors (Lipinski definition) is 4. The van der Waals surface area contributed by atoms with Crippen LogP contribution in [0, 0.1) is 0 Å². The quantitative estimate of drug-likeness (QED) is 0.569. The Hall–Kier alpha value is -1.29. The van der Waals surface area contributed by atoms with Crippen LogP contribution in [0.25, 0.3) is 0 Å². The summed E-state index contributed by atoms with van der Waals surface area (Å²) in [6.07, 6.45) is 5.60. The van der Waals surface area contributed by atoms with Crippen molar-refractivity contribution in [3.63, 3.8) is 0 Å². The third kappa shape index (κ3) is 2.39. The second-order valence-corrected chi connectivity index (χ2v) is 3.97. The average Bonchev–Trinajstić information content (AvgIpc) is 3.10. The molecular formula is C11H18N4. The lowest BCUT2D eigenvalue weighted by atomic mass is 10.3. The minimum Gasteiger partial charge on any atom is -0.368 e. The minimum atomic E-state index is 0.731. The van der Waals surface area contributed by atoms with Gasteiger partial charge in [0.05, 0.1) is 0 Å². The van der Waals surface area contributed by atoms with Gasteiger partial charge in [-0.2, -0.15) is 0 Å². The van der Waals surface area contributed by atoms with Crippen LogP contribution < -0.4 is 16.2 Å². The molecule has 0 saturated heterocycles. The molecular weight excluding hydrogens is 188 g/mol. The van der Waals surface area contributed by atoms with E-state index in [1.165, 1.54) is 24.9 Å². The lowest BCUT2D eigenvalue weighted by molar-refractivity contribution is 0.762. The molecule has 1 aromatic heterocycles. The summed E-state index contributed by atoms with van der Waals surface area (Å²) in [6.45, 7) is 3.32. The van der Waals surface area contributed by atoms with Crippen molar-refractivity contribution in [2.75, 3.05) is 16.9 Å². The number of hydrogen-bond donors (Lipinski definition) is 2. The van der Waals surface area contributed by atoms with E-state index in [1.807, 2.05) is 6.07 Å². The predicted molar refractivity (Wildman–Crippen MR) is 62.7 cm³/mol. The van der Waals surface area contributed by atoms with Gasteiger partial charge < -0.3 is 10.3 Å². The zero-order valence-corrected chi connectivity index (χ0v) is 9.11. The minimum absolute atomic E-state index is 0.731. The fourth-order valence-electron chi connectivity index (χ4n) is 1.83. The van der Waals surface area contributed by atoms with Crippen molar-refractivity contribution in [1.29, 1.82) is 0 Å². The van der Waals surface area contributed by atoms with Crippen LogP contribution in [0.3, 0.4) is 0 Å². The van der Waals surface area contributed by atoms with Crippen molar-refractivity contribution in [2.24, 2.45) is 5.84 Å². The van der Waals surface area contributed by atoms with Gasteiger partial charge in [-0.25, -0.2) is 10.8 Å². The molecule has 1 aliphatic carbocycles. The van der Waals surface area contributed by atoms with E-state index in [1.54, 1.807) is 6.20 Å². The molecule has 1 aliphatic rings. The molecule has 0 bridgehead atoms. The lowest BCUT2D eigenvalue weighted by Crippen LogP contribution is -2.26. The normalized spacial score (nSPS) is 15.1. The summed E-state index contributed by atoms with van der Waals surface area (Å²) in [7, 11) is 0. The van der Waals surface area contributed by atoms with Crippen molar-refractivity contribution in [1.82, 2.24) is 4.98 Å². The zero-order valence-electron chi connectivity index (χ0n) is 9.11. The first-order chi connectivity index (χ1) is 7.35. The van der Waals surface area contributed by atoms with E-state index in [-0.39, 0.29) is 0 Å². The fourth-order valence-corrected chi connectivity index (χ4v) is 1.83. The van der Waals surface area contributed by atoms with E-state index in [0.29, 0.717) is 0 Å². The summed E-state index contributed by atoms with van der Waals surface area (Å²) in [5.41, 5.74) is 3.81. The van der Waals surface area contributed by atoms with Crippen LogP contribution in [0.4, 0.5) is 11.5 Å². The first kappa shape index (κ1) is 10.2. The maximum absolute atomic E-state index is 5.35. The molecule has 1 heterocycles. The van der Waals surface area contributed by atoms with Crippen LogP contribution in [0.5, 0.6) is 0 Å². The van der Waals surface area contributed by atoms with Gasteiger partial charge in [0.1, 0.15) is 5.82 Å². The number of rotatable bonds is 5. The van der Waals surface area contributed by atoms with Gasteiger partial charge in [-0.15, -0.1) is 0 Å². The molecule has 2 rings (SSSR count). The van der Waals surface area contributed by atoms with Gasteiger partial charge in [0.15, 0.2) is 0 Å². The van der Waals surface area contributed by atoms with E-state index >= 15 is 0 Å². The fraction of sp³-hybridized carbons (Fsp3) is 0.545. The Morgan fingerprint density at radius 2 is 2.40 bits per heavy atom. The SMILES string of the molecule is CCCN(c1ccnc(NN)c1)C1CC1. The Balaban J connectivity index is 2.16. The highest BCUT2D eigenvalue weighted by Gasteiger charge is 2.28. The Kier molecular flexibility index (Phi) is 3.06. The molecule has 4 nitrogen and oxygen atoms in total. The lowest BCUT2D eigenvalue weighted by Gasteiger charge is -2.24. The largest absolute Gasteiger partial charge is 0.368 e. The van der Waals surface area contributed by atoms with E-state index in [9.17, 15) is 0 Å². The number of aromatic nitrogens is 1. The van der Waals surface area contributed by atoms with Crippen LogP contribution in [0.1, 0.15) is 26.2 Å². The van der Waals surface area contributed by atoms with Crippen molar-refractivity contribution < 1.29 is 0 Å². The van der Waals surface area contributed by atoms with Gasteiger partial charge in [0, 0.05) is 30.5 Å². The molecule has 0 spiro atoms. The van der Waals surface area contributed by atoms with Crippen LogP contribution in [0.15, 0.2) is 18.3 Å². The van der Waals surface area contributed by atoms with Crippen LogP contribution >= 0.6 is 0 Å². The molecule has 4 heteroatoms. The smallest absolute Gasteiger partial charge is 0.141 e. The van der Waals surface area contributed by atoms with E-state index < -0.39 is 0 Å². The number of nitrogens with one attached hydrogen (secondary N) is 1. The highest BCUT2D eigenvalue weighted by molar-refractivity contribution is 5.54. The van der Waals surface area contributed by atoms with E-state index in [4.69, 9.17) is 5.84 Å². The van der Waals surface area contributed by atoms with E-state index in [0.717, 1.165) is 18.4 Å². The molecule has 0 aromatic carbocycles. The topological polar surface area (TPSA) is 54.2 Å². The Morgan fingerprint density at radius 3 is 3.00 bits per heavy atom. The summed E-state index contributed by atoms with van der Waals surface area (Å²) < 4.78 is 0. The van der Waals surface area contributed by atoms with E-state index in [2.05, 4.69) is 28.3 Å². The van der Waals surface area contributed by atoms with Crippen LogP contribution in [-0.4, -0.2) is 17.6 Å². The summed E-state index contributed by atoms with van der Waals surface area (Å²) in [6, 6.07) is 4.79. The number of nitrogens with two attached hydrogens (primary N) is 1. The van der Waals surface area contributed by atoms with Crippen LogP contribution in [0.2, 0.25) is 0 Å². The van der Waals surface area contributed by atoms with Gasteiger partial charge in [-0.05, 0) is 25.3 Å². The molecule has 0 aliphatic heterocycles. The Labute approximate surface area is 90.5 Å². The third-order valence-corrected chi connectivity index (χ3v) is 2.68. The molecule has 82 valence electrons. The Morgan fingerprint density at radius 1 is 1.60 bits per heavy atom. The second kappa shape index (κ2) is 4.49. The average molecular weight is 206 g/mol. The van der Waals surface area contributed by atoms with Crippen molar-refractivity contribution >= 4 is 11.5 Å². The molecule has 0 amide bonds. The number of nitrogen functional groups attached to an aromatic ring is 1. The molecule has 0 unspecified atom stereocenters. The van der Waals surface area contributed by atoms with Crippen LogP contribution in [-0.2, 0) is 0 Å². The molecule has 0 atom stereocenters. The summed E-state index contributed by atoms with van der Waals surface area (Å²) >= 11 is 0. The van der Waals surface area contributed by atoms with Crippen molar-refractivity contribution in [2.45, 2.75) is 32.2 Å². The van der Waals surface area contributed by atoms with Gasteiger partial charge >= 0.3 is 0 Å². The third-order valence-electron chi connectivity index (χ3n) is 2.68. The summed E-state index contributed by atoms with van der Waals surface area (Å²) in [4.78, 5) is 6.56. The predicted octanol–water partition coefficient (Wildman–Crippen LogP) is 1.75. The number of nitrogens with zero attached hydrogens (tertiary/aromatic N) is 2. The first-order valence-corrected chi connectivity index (χ1v) is 5.54. The summed E-state index contributed by atoms with van der Waals surface area (Å²) in [5.74, 6) is 6.08.